The molecular weight excluding hydrogens is 398 g/mol. The van der Waals surface area contributed by atoms with Crippen LogP contribution in [0.3, 0.4) is 0 Å². The van der Waals surface area contributed by atoms with Gasteiger partial charge in [0.25, 0.3) is 0 Å². The highest BCUT2D eigenvalue weighted by molar-refractivity contribution is 6.31. The Hall–Kier alpha value is -2.85. The van der Waals surface area contributed by atoms with Gasteiger partial charge >= 0.3 is 6.09 Å². The van der Waals surface area contributed by atoms with E-state index in [-0.39, 0.29) is 12.0 Å². The maximum atomic E-state index is 11.8. The van der Waals surface area contributed by atoms with Gasteiger partial charge in [-0.2, -0.15) is 15.0 Å². The first-order valence-electron chi connectivity index (χ1n) is 9.34. The van der Waals surface area contributed by atoms with E-state index in [1.54, 1.807) is 37.1 Å². The first kappa shape index (κ1) is 20.9. The maximum absolute atomic E-state index is 11.8. The first-order valence-corrected chi connectivity index (χ1v) is 9.72. The fraction of sp³-hybridized carbons (Fsp3) is 0.444. The van der Waals surface area contributed by atoms with Crippen molar-refractivity contribution in [2.75, 3.05) is 50.9 Å². The normalized spacial score (nSPS) is 14.5. The second-order valence-electron chi connectivity index (χ2n) is 6.52. The summed E-state index contributed by atoms with van der Waals surface area (Å²) in [4.78, 5) is 27.7. The van der Waals surface area contributed by atoms with Gasteiger partial charge in [-0.1, -0.05) is 11.6 Å². The zero-order valence-electron chi connectivity index (χ0n) is 16.4. The molecule has 0 atom stereocenters. The van der Waals surface area contributed by atoms with E-state index in [0.717, 1.165) is 13.1 Å². The van der Waals surface area contributed by atoms with Crippen molar-refractivity contribution in [3.8, 4) is 5.75 Å². The van der Waals surface area contributed by atoms with E-state index < -0.39 is 0 Å². The van der Waals surface area contributed by atoms with Gasteiger partial charge in [-0.25, -0.2) is 4.79 Å². The van der Waals surface area contributed by atoms with Crippen molar-refractivity contribution >= 4 is 35.3 Å². The van der Waals surface area contributed by atoms with E-state index in [1.807, 2.05) is 0 Å². The Morgan fingerprint density at radius 2 is 2.07 bits per heavy atom. The number of nitrogens with one attached hydrogen (secondary N) is 2. The smallest absolute Gasteiger partial charge is 0.410 e. The average molecular weight is 423 g/mol. The number of methoxy groups -OCH3 is 1. The molecule has 29 heavy (non-hydrogen) atoms. The van der Waals surface area contributed by atoms with Crippen LogP contribution in [0.25, 0.3) is 0 Å². The maximum Gasteiger partial charge on any atom is 0.410 e. The van der Waals surface area contributed by atoms with Crippen LogP contribution in [0, 0.1) is 0 Å². The molecule has 1 saturated heterocycles. The lowest BCUT2D eigenvalue weighted by molar-refractivity contribution is -0.918. The summed E-state index contributed by atoms with van der Waals surface area (Å²) in [5, 5.41) is 3.64. The molecule has 0 saturated carbocycles. The lowest BCUT2D eigenvalue weighted by Crippen LogP contribution is -3.13. The fourth-order valence-electron chi connectivity index (χ4n) is 3.09. The third kappa shape index (κ3) is 5.58. The molecule has 10 nitrogen and oxygen atoms in total. The number of halogens is 1. The second-order valence-corrected chi connectivity index (χ2v) is 6.95. The van der Waals surface area contributed by atoms with Gasteiger partial charge in [-0.3, -0.25) is 4.90 Å². The van der Waals surface area contributed by atoms with Gasteiger partial charge in [-0.05, 0) is 25.1 Å². The number of nitrogens with zero attached hydrogens (tertiary/aromatic N) is 4. The van der Waals surface area contributed by atoms with Crippen molar-refractivity contribution < 1.29 is 19.2 Å². The minimum atomic E-state index is -0.266. The Morgan fingerprint density at radius 1 is 1.31 bits per heavy atom. The number of piperazine rings is 1. The van der Waals surface area contributed by atoms with Crippen LogP contribution in [0.4, 0.5) is 22.4 Å². The van der Waals surface area contributed by atoms with Crippen molar-refractivity contribution in [1.29, 1.82) is 0 Å². The van der Waals surface area contributed by atoms with Crippen molar-refractivity contribution in [2.24, 2.45) is 0 Å². The molecule has 0 unspecified atom stereocenters. The zero-order chi connectivity index (χ0) is 20.8. The Kier molecular flexibility index (Phi) is 6.89. The average Bonchev–Trinajstić information content (AvgIpc) is 2.68. The molecule has 156 valence electrons. The summed E-state index contributed by atoms with van der Waals surface area (Å²) in [7, 11) is 1.57. The number of amides is 1. The van der Waals surface area contributed by atoms with E-state index in [9.17, 15) is 4.79 Å². The van der Waals surface area contributed by atoms with Gasteiger partial charge in [0.15, 0.2) is 5.82 Å². The minimum absolute atomic E-state index is 0.128. The summed E-state index contributed by atoms with van der Waals surface area (Å²) in [6.45, 7) is 5.55. The molecule has 1 fully saturated rings. The van der Waals surface area contributed by atoms with Gasteiger partial charge in [0.05, 0.1) is 45.6 Å². The number of hydrogen-bond acceptors (Lipinski definition) is 8. The Balaban J connectivity index is 1.66. The van der Waals surface area contributed by atoms with Crippen molar-refractivity contribution in [1.82, 2.24) is 19.9 Å². The topological polar surface area (TPSA) is 120 Å². The molecule has 1 aliphatic rings. The van der Waals surface area contributed by atoms with Gasteiger partial charge in [-0.15, -0.1) is 0 Å². The van der Waals surface area contributed by atoms with E-state index in [1.165, 1.54) is 4.90 Å². The van der Waals surface area contributed by atoms with Gasteiger partial charge in [0, 0.05) is 5.02 Å². The standard InChI is InChI=1S/C18H24ClN7O3/c1-3-29-18(27)26-8-6-25(7-9-26)11-15-22-16(20)24-17(23-15)21-13-10-12(19)4-5-14(13)28-2/h4-5,10H,3,6-9,11H2,1-2H3,(H3,20,21,22,23,24)/p+1. The zero-order valence-corrected chi connectivity index (χ0v) is 17.2. The van der Waals surface area contributed by atoms with Crippen LogP contribution in [-0.4, -0.2) is 65.8 Å². The molecule has 0 aliphatic carbocycles. The molecule has 3 rings (SSSR count). The first-order chi connectivity index (χ1) is 14.0. The van der Waals surface area contributed by atoms with E-state index in [0.29, 0.717) is 54.5 Å². The van der Waals surface area contributed by atoms with E-state index in [4.69, 9.17) is 26.8 Å². The van der Waals surface area contributed by atoms with Crippen LogP contribution in [0.1, 0.15) is 12.7 Å². The Morgan fingerprint density at radius 3 is 2.76 bits per heavy atom. The number of nitrogen functional groups attached to an aromatic ring is 1. The molecular formula is C18H25ClN7O3+. The van der Waals surface area contributed by atoms with Crippen LogP contribution < -0.4 is 20.7 Å². The molecule has 0 bridgehead atoms. The third-order valence-corrected chi connectivity index (χ3v) is 4.75. The number of hydrogen-bond donors (Lipinski definition) is 3. The van der Waals surface area contributed by atoms with E-state index in [2.05, 4.69) is 20.3 Å². The Bertz CT molecular complexity index is 859. The highest BCUT2D eigenvalue weighted by atomic mass is 35.5. The SMILES string of the molecule is CCOC(=O)N1CC[NH+](Cc2nc(N)nc(Nc3cc(Cl)ccc3OC)n2)CC1. The van der Waals surface area contributed by atoms with Crippen molar-refractivity contribution in [2.45, 2.75) is 13.5 Å². The number of rotatable bonds is 6. The molecule has 1 aliphatic heterocycles. The van der Waals surface area contributed by atoms with Crippen LogP contribution in [-0.2, 0) is 11.3 Å². The molecule has 2 heterocycles. The van der Waals surface area contributed by atoms with Crippen LogP contribution >= 0.6 is 11.6 Å². The lowest BCUT2D eigenvalue weighted by atomic mass is 10.3. The van der Waals surface area contributed by atoms with Gasteiger partial charge in [0.1, 0.15) is 12.3 Å². The van der Waals surface area contributed by atoms with Crippen LogP contribution in [0.2, 0.25) is 5.02 Å². The summed E-state index contributed by atoms with van der Waals surface area (Å²) < 4.78 is 10.4. The Labute approximate surface area is 174 Å². The number of quaternary nitrogens is 1. The number of nitrogens with two attached hydrogens (primary N) is 1. The van der Waals surface area contributed by atoms with Crippen LogP contribution in [0.15, 0.2) is 18.2 Å². The minimum Gasteiger partial charge on any atom is -0.495 e. The number of aromatic nitrogens is 3. The number of benzene rings is 1. The summed E-state index contributed by atoms with van der Waals surface area (Å²) in [5.74, 6) is 1.62. The molecule has 1 amide bonds. The van der Waals surface area contributed by atoms with Gasteiger partial charge < -0.3 is 25.4 Å². The molecule has 1 aromatic heterocycles. The molecule has 11 heteroatoms. The van der Waals surface area contributed by atoms with Gasteiger partial charge in [0.2, 0.25) is 11.9 Å². The lowest BCUT2D eigenvalue weighted by Gasteiger charge is -2.31. The number of carbonyl (C=O) groups is 1. The highest BCUT2D eigenvalue weighted by Crippen LogP contribution is 2.29. The second kappa shape index (κ2) is 9.57. The molecule has 2 aromatic rings. The quantitative estimate of drug-likeness (QED) is 0.622. The molecule has 0 spiro atoms. The van der Waals surface area contributed by atoms with Crippen molar-refractivity contribution in [3.63, 3.8) is 0 Å². The van der Waals surface area contributed by atoms with Crippen LogP contribution in [0.5, 0.6) is 5.75 Å². The molecule has 0 radical (unpaired) electrons. The number of carbonyl (C=O) groups excluding carboxylic acids is 1. The predicted molar refractivity (Wildman–Crippen MR) is 109 cm³/mol. The van der Waals surface area contributed by atoms with Crippen molar-refractivity contribution in [3.05, 3.63) is 29.0 Å². The summed E-state index contributed by atoms with van der Waals surface area (Å²) in [6, 6.07) is 5.21. The summed E-state index contributed by atoms with van der Waals surface area (Å²) >= 11 is 6.07. The number of ether oxygens (including phenoxy) is 2. The summed E-state index contributed by atoms with van der Waals surface area (Å²) in [5.41, 5.74) is 6.51. The number of anilines is 3. The molecule has 1 aromatic carbocycles. The predicted octanol–water partition coefficient (Wildman–Crippen LogP) is 0.716. The van der Waals surface area contributed by atoms with E-state index >= 15 is 0 Å². The highest BCUT2D eigenvalue weighted by Gasteiger charge is 2.25. The third-order valence-electron chi connectivity index (χ3n) is 4.51. The molecule has 4 N–H and O–H groups in total. The summed E-state index contributed by atoms with van der Waals surface area (Å²) in [6.07, 6.45) is -0.266. The largest absolute Gasteiger partial charge is 0.495 e. The monoisotopic (exact) mass is 422 g/mol. The fourth-order valence-corrected chi connectivity index (χ4v) is 3.26.